The van der Waals surface area contributed by atoms with E-state index in [0.717, 1.165) is 6.07 Å². The van der Waals surface area contributed by atoms with Crippen molar-refractivity contribution in [2.75, 3.05) is 6.61 Å². The molecule has 22 heavy (non-hydrogen) atoms. The first kappa shape index (κ1) is 15.7. The van der Waals surface area contributed by atoms with Gasteiger partial charge in [0.1, 0.15) is 17.4 Å². The Bertz CT molecular complexity index is 807. The second-order valence-corrected chi connectivity index (χ2v) is 4.79. The largest absolute Gasteiger partial charge is 0.490 e. The lowest BCUT2D eigenvalue weighted by atomic mass is 9.99. The third kappa shape index (κ3) is 2.98. The Kier molecular flexibility index (Phi) is 4.56. The second kappa shape index (κ2) is 6.39. The fourth-order valence-electron chi connectivity index (χ4n) is 2.12. The number of pyridine rings is 1. The third-order valence-corrected chi connectivity index (χ3v) is 3.03. The lowest BCUT2D eigenvalue weighted by molar-refractivity contribution is 0.301. The number of aryl methyl sites for hydroxylation is 1. The maximum absolute atomic E-state index is 14.0. The summed E-state index contributed by atoms with van der Waals surface area (Å²) in [5.41, 5.74) is -0.143. The van der Waals surface area contributed by atoms with Crippen LogP contribution in [0.4, 0.5) is 8.78 Å². The van der Waals surface area contributed by atoms with Gasteiger partial charge < -0.3 is 9.72 Å². The molecule has 0 spiro atoms. The maximum Gasteiger partial charge on any atom is 0.266 e. The van der Waals surface area contributed by atoms with Gasteiger partial charge in [-0.05, 0) is 25.5 Å². The van der Waals surface area contributed by atoms with E-state index in [1.807, 2.05) is 6.92 Å². The molecule has 0 aliphatic carbocycles. The molecule has 1 aromatic heterocycles. The third-order valence-electron chi connectivity index (χ3n) is 3.03. The van der Waals surface area contributed by atoms with Crippen LogP contribution in [0.5, 0.6) is 5.75 Å². The first-order valence-electron chi connectivity index (χ1n) is 6.74. The van der Waals surface area contributed by atoms with E-state index < -0.39 is 17.2 Å². The van der Waals surface area contributed by atoms with Crippen LogP contribution >= 0.6 is 0 Å². The second-order valence-electron chi connectivity index (χ2n) is 4.79. The zero-order chi connectivity index (χ0) is 16.3. The Hall–Kier alpha value is -2.68. The van der Waals surface area contributed by atoms with Crippen molar-refractivity contribution in [3.63, 3.8) is 0 Å². The number of ether oxygens (including phenoxy) is 1. The molecule has 0 aliphatic rings. The molecule has 0 unspecified atom stereocenters. The van der Waals surface area contributed by atoms with E-state index in [1.165, 1.54) is 6.07 Å². The Morgan fingerprint density at radius 2 is 2.00 bits per heavy atom. The molecule has 1 N–H and O–H groups in total. The molecule has 0 saturated heterocycles. The molecule has 0 fully saturated rings. The highest BCUT2D eigenvalue weighted by Crippen LogP contribution is 2.34. The van der Waals surface area contributed by atoms with Crippen molar-refractivity contribution in [2.45, 2.75) is 20.3 Å². The van der Waals surface area contributed by atoms with Crippen molar-refractivity contribution in [3.8, 4) is 22.9 Å². The van der Waals surface area contributed by atoms with E-state index >= 15 is 0 Å². The number of halogens is 2. The van der Waals surface area contributed by atoms with E-state index in [9.17, 15) is 13.6 Å². The first-order chi connectivity index (χ1) is 10.5. The van der Waals surface area contributed by atoms with Crippen LogP contribution in [-0.2, 0) is 0 Å². The molecule has 2 rings (SSSR count). The standard InChI is InChI=1S/C16H14F2N2O2/c1-3-4-22-15-12(6-10(17)7-14(15)18)11-5-9(2)20-16(21)13(11)8-19/h5-7H,3-4H2,1-2H3,(H,20,21). The van der Waals surface area contributed by atoms with E-state index in [-0.39, 0.29) is 29.0 Å². The van der Waals surface area contributed by atoms with Crippen LogP contribution in [0.1, 0.15) is 24.6 Å². The van der Waals surface area contributed by atoms with Gasteiger partial charge in [0.25, 0.3) is 5.56 Å². The summed E-state index contributed by atoms with van der Waals surface area (Å²) < 4.78 is 33.0. The zero-order valence-corrected chi connectivity index (χ0v) is 12.2. The molecule has 0 atom stereocenters. The van der Waals surface area contributed by atoms with E-state index in [1.54, 1.807) is 13.0 Å². The highest BCUT2D eigenvalue weighted by Gasteiger charge is 2.19. The molecule has 0 radical (unpaired) electrons. The monoisotopic (exact) mass is 304 g/mol. The van der Waals surface area contributed by atoms with Gasteiger partial charge in [-0.2, -0.15) is 5.26 Å². The SMILES string of the molecule is CCCOc1c(F)cc(F)cc1-c1cc(C)[nH]c(=O)c1C#N. The summed E-state index contributed by atoms with van der Waals surface area (Å²) in [7, 11) is 0. The lowest BCUT2D eigenvalue weighted by Crippen LogP contribution is -2.13. The highest BCUT2D eigenvalue weighted by molar-refractivity contribution is 5.76. The average Bonchev–Trinajstić information content (AvgIpc) is 2.45. The van der Waals surface area contributed by atoms with E-state index in [4.69, 9.17) is 10.00 Å². The molecule has 1 heterocycles. The van der Waals surface area contributed by atoms with Crippen molar-refractivity contribution in [1.29, 1.82) is 5.26 Å². The van der Waals surface area contributed by atoms with E-state index in [2.05, 4.69) is 4.98 Å². The summed E-state index contributed by atoms with van der Waals surface area (Å²) in [5.74, 6) is -1.84. The summed E-state index contributed by atoms with van der Waals surface area (Å²) in [6, 6.07) is 5.03. The number of benzene rings is 1. The molecule has 1 aromatic carbocycles. The summed E-state index contributed by atoms with van der Waals surface area (Å²) in [5, 5.41) is 9.16. The van der Waals surface area contributed by atoms with Crippen LogP contribution in [-0.4, -0.2) is 11.6 Å². The van der Waals surface area contributed by atoms with Gasteiger partial charge in [0.2, 0.25) is 0 Å². The fourth-order valence-corrected chi connectivity index (χ4v) is 2.12. The summed E-state index contributed by atoms with van der Waals surface area (Å²) in [6.45, 7) is 3.70. The minimum Gasteiger partial charge on any atom is -0.490 e. The molecular formula is C16H14F2N2O2. The van der Waals surface area contributed by atoms with Crippen molar-refractivity contribution < 1.29 is 13.5 Å². The molecule has 0 amide bonds. The number of aromatic amines is 1. The molecule has 0 saturated carbocycles. The summed E-state index contributed by atoms with van der Waals surface area (Å²) in [4.78, 5) is 14.3. The summed E-state index contributed by atoms with van der Waals surface area (Å²) >= 11 is 0. The van der Waals surface area contributed by atoms with Crippen LogP contribution in [0.25, 0.3) is 11.1 Å². The number of aromatic nitrogens is 1. The lowest BCUT2D eigenvalue weighted by Gasteiger charge is -2.13. The number of nitrogens with zero attached hydrogens (tertiary/aromatic N) is 1. The predicted octanol–water partition coefficient (Wildman–Crippen LogP) is 3.29. The van der Waals surface area contributed by atoms with Gasteiger partial charge in [0.05, 0.1) is 6.61 Å². The van der Waals surface area contributed by atoms with Gasteiger partial charge >= 0.3 is 0 Å². The Labute approximate surface area is 126 Å². The van der Waals surface area contributed by atoms with Crippen LogP contribution in [0.15, 0.2) is 23.0 Å². The van der Waals surface area contributed by atoms with Crippen LogP contribution < -0.4 is 10.3 Å². The predicted molar refractivity (Wildman–Crippen MR) is 77.7 cm³/mol. The quantitative estimate of drug-likeness (QED) is 0.942. The van der Waals surface area contributed by atoms with Gasteiger partial charge in [-0.3, -0.25) is 4.79 Å². The highest BCUT2D eigenvalue weighted by atomic mass is 19.1. The normalized spacial score (nSPS) is 10.3. The minimum absolute atomic E-state index is 0.0525. The number of nitrogens with one attached hydrogen (secondary N) is 1. The number of H-pyrrole nitrogens is 1. The Morgan fingerprint density at radius 3 is 2.64 bits per heavy atom. The maximum atomic E-state index is 14.0. The number of nitriles is 1. The summed E-state index contributed by atoms with van der Waals surface area (Å²) in [6.07, 6.45) is 0.635. The van der Waals surface area contributed by atoms with Crippen molar-refractivity contribution in [1.82, 2.24) is 4.98 Å². The molecule has 6 heteroatoms. The Morgan fingerprint density at radius 1 is 1.27 bits per heavy atom. The zero-order valence-electron chi connectivity index (χ0n) is 12.2. The number of hydrogen-bond acceptors (Lipinski definition) is 3. The average molecular weight is 304 g/mol. The van der Waals surface area contributed by atoms with Gasteiger partial charge in [-0.15, -0.1) is 0 Å². The van der Waals surface area contributed by atoms with Crippen LogP contribution in [0.2, 0.25) is 0 Å². The van der Waals surface area contributed by atoms with Gasteiger partial charge in [0.15, 0.2) is 11.6 Å². The molecule has 114 valence electrons. The van der Waals surface area contributed by atoms with Gasteiger partial charge in [-0.1, -0.05) is 6.92 Å². The van der Waals surface area contributed by atoms with Crippen molar-refractivity contribution in [2.24, 2.45) is 0 Å². The molecule has 2 aromatic rings. The smallest absolute Gasteiger partial charge is 0.266 e. The van der Waals surface area contributed by atoms with Crippen molar-refractivity contribution >= 4 is 0 Å². The van der Waals surface area contributed by atoms with Crippen LogP contribution in [0.3, 0.4) is 0 Å². The first-order valence-corrected chi connectivity index (χ1v) is 6.74. The number of rotatable bonds is 4. The number of hydrogen-bond donors (Lipinski definition) is 1. The molecule has 0 aliphatic heterocycles. The van der Waals surface area contributed by atoms with Gasteiger partial charge in [-0.25, -0.2) is 8.78 Å². The van der Waals surface area contributed by atoms with E-state index in [0.29, 0.717) is 18.2 Å². The molecule has 4 nitrogen and oxygen atoms in total. The molecule has 0 bridgehead atoms. The topological polar surface area (TPSA) is 65.9 Å². The van der Waals surface area contributed by atoms with Crippen molar-refractivity contribution in [3.05, 3.63) is 51.4 Å². The minimum atomic E-state index is -0.870. The molecular weight excluding hydrogens is 290 g/mol. The van der Waals surface area contributed by atoms with Crippen LogP contribution in [0, 0.1) is 29.9 Å². The fraction of sp³-hybridized carbons (Fsp3) is 0.250. The van der Waals surface area contributed by atoms with Gasteiger partial charge in [0, 0.05) is 22.9 Å². The Balaban J connectivity index is 2.77.